The fourth-order valence-electron chi connectivity index (χ4n) is 2.76. The highest BCUT2D eigenvalue weighted by Gasteiger charge is 2.23. The van der Waals surface area contributed by atoms with Crippen molar-refractivity contribution < 1.29 is 14.7 Å². The SMILES string of the molecule is CC(C(=O)NC(CCC(=O)O)c1ccccc1)n1nnc(-c2ccccc2)n1. The maximum atomic E-state index is 12.7. The fraction of sp³-hybridized carbons (Fsp3) is 0.250. The van der Waals surface area contributed by atoms with E-state index in [1.54, 1.807) is 6.92 Å². The summed E-state index contributed by atoms with van der Waals surface area (Å²) in [5, 5.41) is 24.2. The lowest BCUT2D eigenvalue weighted by Gasteiger charge is -2.20. The lowest BCUT2D eigenvalue weighted by molar-refractivity contribution is -0.137. The zero-order chi connectivity index (χ0) is 19.9. The monoisotopic (exact) mass is 379 g/mol. The number of tetrazole rings is 1. The van der Waals surface area contributed by atoms with Gasteiger partial charge in [-0.05, 0) is 24.1 Å². The van der Waals surface area contributed by atoms with Gasteiger partial charge in [0, 0.05) is 12.0 Å². The molecular formula is C20H21N5O3. The first-order valence-electron chi connectivity index (χ1n) is 8.96. The number of aromatic nitrogens is 4. The Morgan fingerprint density at radius 1 is 1.07 bits per heavy atom. The third-order valence-electron chi connectivity index (χ3n) is 4.35. The molecule has 2 unspecified atom stereocenters. The van der Waals surface area contributed by atoms with Crippen molar-refractivity contribution in [3.63, 3.8) is 0 Å². The van der Waals surface area contributed by atoms with Crippen LogP contribution in [0.5, 0.6) is 0 Å². The maximum absolute atomic E-state index is 12.7. The summed E-state index contributed by atoms with van der Waals surface area (Å²) in [4.78, 5) is 25.0. The number of carbonyl (C=O) groups is 2. The Balaban J connectivity index is 1.72. The standard InChI is InChI=1S/C20H21N5O3/c1-14(25-23-19(22-24-25)16-10-6-3-7-11-16)20(28)21-17(12-13-18(26)27)15-8-4-2-5-9-15/h2-11,14,17H,12-13H2,1H3,(H,21,28)(H,26,27). The van der Waals surface area contributed by atoms with Gasteiger partial charge in [-0.15, -0.1) is 10.2 Å². The lowest BCUT2D eigenvalue weighted by atomic mass is 10.0. The van der Waals surface area contributed by atoms with Crippen LogP contribution in [0.15, 0.2) is 60.7 Å². The van der Waals surface area contributed by atoms with Gasteiger partial charge in [-0.1, -0.05) is 60.7 Å². The summed E-state index contributed by atoms with van der Waals surface area (Å²) < 4.78 is 0. The number of hydrogen-bond donors (Lipinski definition) is 2. The molecule has 0 aliphatic rings. The molecular weight excluding hydrogens is 358 g/mol. The van der Waals surface area contributed by atoms with Crippen LogP contribution in [0.25, 0.3) is 11.4 Å². The number of carboxylic acids is 1. The minimum Gasteiger partial charge on any atom is -0.481 e. The molecule has 1 amide bonds. The molecule has 8 heteroatoms. The van der Waals surface area contributed by atoms with Crippen LogP contribution >= 0.6 is 0 Å². The molecule has 3 rings (SSSR count). The zero-order valence-corrected chi connectivity index (χ0v) is 15.4. The van der Waals surface area contributed by atoms with Crippen LogP contribution < -0.4 is 5.32 Å². The predicted molar refractivity (Wildman–Crippen MR) is 102 cm³/mol. The minimum atomic E-state index is -0.909. The molecule has 3 aromatic rings. The Labute approximate surface area is 162 Å². The molecule has 0 saturated carbocycles. The van der Waals surface area contributed by atoms with Crippen molar-refractivity contribution in [2.24, 2.45) is 0 Å². The van der Waals surface area contributed by atoms with Crippen molar-refractivity contribution in [1.82, 2.24) is 25.5 Å². The molecule has 0 radical (unpaired) electrons. The van der Waals surface area contributed by atoms with E-state index in [0.29, 0.717) is 5.82 Å². The third kappa shape index (κ3) is 4.79. The van der Waals surface area contributed by atoms with Gasteiger partial charge in [0.05, 0.1) is 6.04 Å². The van der Waals surface area contributed by atoms with E-state index < -0.39 is 18.1 Å². The summed E-state index contributed by atoms with van der Waals surface area (Å²) in [5.74, 6) is -0.782. The van der Waals surface area contributed by atoms with Gasteiger partial charge >= 0.3 is 5.97 Å². The van der Waals surface area contributed by atoms with Gasteiger partial charge in [0.25, 0.3) is 0 Å². The molecule has 2 aromatic carbocycles. The van der Waals surface area contributed by atoms with Crippen LogP contribution in [-0.4, -0.2) is 37.2 Å². The van der Waals surface area contributed by atoms with E-state index in [1.165, 1.54) is 4.80 Å². The molecule has 0 aliphatic carbocycles. The van der Waals surface area contributed by atoms with Gasteiger partial charge < -0.3 is 10.4 Å². The summed E-state index contributed by atoms with van der Waals surface area (Å²) in [5.41, 5.74) is 1.66. The predicted octanol–water partition coefficient (Wildman–Crippen LogP) is 2.62. The van der Waals surface area contributed by atoms with Crippen molar-refractivity contribution in [2.75, 3.05) is 0 Å². The van der Waals surface area contributed by atoms with E-state index in [1.807, 2.05) is 60.7 Å². The smallest absolute Gasteiger partial charge is 0.303 e. The van der Waals surface area contributed by atoms with Crippen molar-refractivity contribution in [3.8, 4) is 11.4 Å². The lowest BCUT2D eigenvalue weighted by Crippen LogP contribution is -2.35. The van der Waals surface area contributed by atoms with E-state index in [4.69, 9.17) is 5.11 Å². The van der Waals surface area contributed by atoms with Gasteiger partial charge in [0.1, 0.15) is 6.04 Å². The summed E-state index contributed by atoms with van der Waals surface area (Å²) in [6.45, 7) is 1.67. The molecule has 0 saturated heterocycles. The Hall–Kier alpha value is -3.55. The number of hydrogen-bond acceptors (Lipinski definition) is 5. The first-order valence-corrected chi connectivity index (χ1v) is 8.96. The Bertz CT molecular complexity index is 927. The fourth-order valence-corrected chi connectivity index (χ4v) is 2.76. The molecule has 2 atom stereocenters. The highest BCUT2D eigenvalue weighted by atomic mass is 16.4. The molecule has 2 N–H and O–H groups in total. The van der Waals surface area contributed by atoms with E-state index in [2.05, 4.69) is 20.7 Å². The number of nitrogens with zero attached hydrogens (tertiary/aromatic N) is 4. The number of rotatable bonds is 8. The van der Waals surface area contributed by atoms with Crippen LogP contribution in [-0.2, 0) is 9.59 Å². The van der Waals surface area contributed by atoms with Gasteiger partial charge in [-0.25, -0.2) is 0 Å². The van der Waals surface area contributed by atoms with Crippen LogP contribution in [0.1, 0.15) is 37.4 Å². The summed E-state index contributed by atoms with van der Waals surface area (Å²) >= 11 is 0. The van der Waals surface area contributed by atoms with Crippen molar-refractivity contribution in [3.05, 3.63) is 66.2 Å². The number of carboxylic acid groups (broad SMARTS) is 1. The zero-order valence-electron chi connectivity index (χ0n) is 15.4. The molecule has 1 heterocycles. The molecule has 144 valence electrons. The summed E-state index contributed by atoms with van der Waals surface area (Å²) in [6, 6.07) is 17.6. The number of nitrogens with one attached hydrogen (secondary N) is 1. The number of aliphatic carboxylic acids is 1. The largest absolute Gasteiger partial charge is 0.481 e. The molecule has 1 aromatic heterocycles. The second kappa shape index (κ2) is 8.90. The molecule has 8 nitrogen and oxygen atoms in total. The van der Waals surface area contributed by atoms with Crippen LogP contribution in [0.3, 0.4) is 0 Å². The highest BCUT2D eigenvalue weighted by molar-refractivity contribution is 5.80. The Morgan fingerprint density at radius 2 is 1.71 bits per heavy atom. The van der Waals surface area contributed by atoms with Gasteiger partial charge in [-0.2, -0.15) is 4.80 Å². The second-order valence-corrected chi connectivity index (χ2v) is 6.38. The van der Waals surface area contributed by atoms with Crippen LogP contribution in [0, 0.1) is 0 Å². The highest BCUT2D eigenvalue weighted by Crippen LogP contribution is 2.20. The molecule has 0 spiro atoms. The summed E-state index contributed by atoms with van der Waals surface area (Å²) in [7, 11) is 0. The average molecular weight is 379 g/mol. The van der Waals surface area contributed by atoms with Gasteiger partial charge in [0.15, 0.2) is 0 Å². The van der Waals surface area contributed by atoms with Crippen molar-refractivity contribution in [2.45, 2.75) is 31.8 Å². The average Bonchev–Trinajstić information content (AvgIpc) is 3.21. The van der Waals surface area contributed by atoms with E-state index in [-0.39, 0.29) is 18.7 Å². The van der Waals surface area contributed by atoms with Gasteiger partial charge in [0.2, 0.25) is 11.7 Å². The van der Waals surface area contributed by atoms with Crippen LogP contribution in [0.2, 0.25) is 0 Å². The molecule has 0 fully saturated rings. The molecule has 28 heavy (non-hydrogen) atoms. The van der Waals surface area contributed by atoms with Crippen LogP contribution in [0.4, 0.5) is 0 Å². The number of benzene rings is 2. The quantitative estimate of drug-likeness (QED) is 0.622. The van der Waals surface area contributed by atoms with E-state index in [0.717, 1.165) is 11.1 Å². The van der Waals surface area contributed by atoms with Crippen molar-refractivity contribution in [1.29, 1.82) is 0 Å². The Morgan fingerprint density at radius 3 is 2.36 bits per heavy atom. The molecule has 0 aliphatic heterocycles. The van der Waals surface area contributed by atoms with E-state index >= 15 is 0 Å². The third-order valence-corrected chi connectivity index (χ3v) is 4.35. The first kappa shape index (κ1) is 19.2. The van der Waals surface area contributed by atoms with Crippen molar-refractivity contribution >= 4 is 11.9 Å². The van der Waals surface area contributed by atoms with E-state index in [9.17, 15) is 9.59 Å². The number of amides is 1. The second-order valence-electron chi connectivity index (χ2n) is 6.38. The first-order chi connectivity index (χ1) is 13.5. The minimum absolute atomic E-state index is 0.0477. The summed E-state index contributed by atoms with van der Waals surface area (Å²) in [6.07, 6.45) is 0.242. The van der Waals surface area contributed by atoms with Gasteiger partial charge in [-0.3, -0.25) is 9.59 Å². The maximum Gasteiger partial charge on any atom is 0.303 e. The Kier molecular flexibility index (Phi) is 6.11. The molecule has 0 bridgehead atoms. The number of carbonyl (C=O) groups excluding carboxylic acids is 1. The topological polar surface area (TPSA) is 110 Å². The normalized spacial score (nSPS) is 12.9.